The first-order valence-electron chi connectivity index (χ1n) is 4.29. The van der Waals surface area contributed by atoms with Crippen LogP contribution in [0.1, 0.15) is 0 Å². The third-order valence-electron chi connectivity index (χ3n) is 2.18. The second-order valence-corrected chi connectivity index (χ2v) is 3.00. The molecule has 0 spiro atoms. The van der Waals surface area contributed by atoms with Gasteiger partial charge in [0.05, 0.1) is 19.2 Å². The highest BCUT2D eigenvalue weighted by Gasteiger charge is 2.14. The molecular weight excluding hydrogens is 154 g/mol. The lowest BCUT2D eigenvalue weighted by Crippen LogP contribution is -2.47. The molecule has 0 aromatic rings. The molecule has 0 radical (unpaired) electrons. The summed E-state index contributed by atoms with van der Waals surface area (Å²) in [6, 6.07) is 2.14. The number of hydrogen-bond acceptors (Lipinski definition) is 4. The van der Waals surface area contributed by atoms with Gasteiger partial charge in [-0.1, -0.05) is 0 Å². The lowest BCUT2D eigenvalue weighted by Gasteiger charge is -2.32. The van der Waals surface area contributed by atoms with E-state index in [4.69, 9.17) is 10.4 Å². The second kappa shape index (κ2) is 5.09. The van der Waals surface area contributed by atoms with E-state index in [-0.39, 0.29) is 6.61 Å². The van der Waals surface area contributed by atoms with Gasteiger partial charge in [0.1, 0.15) is 0 Å². The molecule has 0 aromatic carbocycles. The molecule has 4 nitrogen and oxygen atoms in total. The smallest absolute Gasteiger partial charge is 0.0866 e. The number of nitrogens with zero attached hydrogens (tertiary/aromatic N) is 3. The number of nitriles is 1. The van der Waals surface area contributed by atoms with Crippen LogP contribution in [0.25, 0.3) is 0 Å². The Balaban J connectivity index is 2.16. The van der Waals surface area contributed by atoms with Crippen LogP contribution in [-0.2, 0) is 0 Å². The van der Waals surface area contributed by atoms with Gasteiger partial charge in [-0.05, 0) is 0 Å². The van der Waals surface area contributed by atoms with Gasteiger partial charge >= 0.3 is 0 Å². The zero-order valence-electron chi connectivity index (χ0n) is 7.24. The topological polar surface area (TPSA) is 50.5 Å². The molecule has 68 valence electrons. The molecule has 1 rings (SSSR count). The van der Waals surface area contributed by atoms with Gasteiger partial charge in [-0.2, -0.15) is 5.26 Å². The van der Waals surface area contributed by atoms with Crippen molar-refractivity contribution in [3.8, 4) is 6.07 Å². The standard InChI is InChI=1S/C8H15N3O/c9-1-2-10-3-5-11(6-4-10)7-8-12/h12H,2-8H2. The Bertz CT molecular complexity index is 158. The number of β-amino-alcohol motifs (C(OH)–C–C–N with tert-alkyl or cyclic N) is 1. The van der Waals surface area contributed by atoms with Gasteiger partial charge in [0, 0.05) is 32.7 Å². The third-order valence-corrected chi connectivity index (χ3v) is 2.18. The minimum Gasteiger partial charge on any atom is -0.395 e. The van der Waals surface area contributed by atoms with E-state index in [0.29, 0.717) is 6.54 Å². The van der Waals surface area contributed by atoms with Gasteiger partial charge in [-0.3, -0.25) is 9.80 Å². The maximum absolute atomic E-state index is 8.68. The number of aliphatic hydroxyl groups is 1. The van der Waals surface area contributed by atoms with Crippen LogP contribution in [0.4, 0.5) is 0 Å². The van der Waals surface area contributed by atoms with Crippen molar-refractivity contribution in [2.24, 2.45) is 0 Å². The molecule has 1 aliphatic rings. The SMILES string of the molecule is N#CCN1CCN(CCO)CC1. The minimum atomic E-state index is 0.234. The molecule has 0 aromatic heterocycles. The summed E-state index contributed by atoms with van der Waals surface area (Å²) in [4.78, 5) is 4.35. The Morgan fingerprint density at radius 2 is 1.75 bits per heavy atom. The van der Waals surface area contributed by atoms with Crippen LogP contribution in [0.3, 0.4) is 0 Å². The molecule has 12 heavy (non-hydrogen) atoms. The summed E-state index contributed by atoms with van der Waals surface area (Å²) >= 11 is 0. The van der Waals surface area contributed by atoms with Gasteiger partial charge in [0.25, 0.3) is 0 Å². The molecule has 1 N–H and O–H groups in total. The van der Waals surface area contributed by atoms with Crippen molar-refractivity contribution < 1.29 is 5.11 Å². The Kier molecular flexibility index (Phi) is 4.01. The van der Waals surface area contributed by atoms with Gasteiger partial charge in [-0.15, -0.1) is 0 Å². The molecule has 0 aliphatic carbocycles. The summed E-state index contributed by atoms with van der Waals surface area (Å²) in [5.74, 6) is 0. The number of rotatable bonds is 3. The largest absolute Gasteiger partial charge is 0.395 e. The fraction of sp³-hybridized carbons (Fsp3) is 0.875. The normalized spacial score (nSPS) is 20.7. The second-order valence-electron chi connectivity index (χ2n) is 3.00. The molecule has 1 saturated heterocycles. The van der Waals surface area contributed by atoms with Gasteiger partial charge in [-0.25, -0.2) is 0 Å². The molecule has 4 heteroatoms. The molecule has 0 amide bonds. The molecule has 1 fully saturated rings. The molecule has 0 atom stereocenters. The first kappa shape index (κ1) is 9.46. The Hall–Kier alpha value is -0.630. The maximum Gasteiger partial charge on any atom is 0.0866 e. The Morgan fingerprint density at radius 3 is 2.25 bits per heavy atom. The summed E-state index contributed by atoms with van der Waals surface area (Å²) in [7, 11) is 0. The fourth-order valence-corrected chi connectivity index (χ4v) is 1.41. The summed E-state index contributed by atoms with van der Waals surface area (Å²) in [6.07, 6.45) is 0. The molecule has 0 unspecified atom stereocenters. The van der Waals surface area contributed by atoms with Crippen LogP contribution < -0.4 is 0 Å². The van der Waals surface area contributed by atoms with Crippen LogP contribution in [-0.4, -0.2) is 60.8 Å². The molecule has 1 heterocycles. The van der Waals surface area contributed by atoms with Crippen LogP contribution in [0.15, 0.2) is 0 Å². The van der Waals surface area contributed by atoms with Crippen LogP contribution >= 0.6 is 0 Å². The van der Waals surface area contributed by atoms with Crippen molar-refractivity contribution in [3.05, 3.63) is 0 Å². The number of hydrogen-bond donors (Lipinski definition) is 1. The summed E-state index contributed by atoms with van der Waals surface area (Å²) in [6.45, 7) is 5.39. The molecule has 0 bridgehead atoms. The first-order valence-corrected chi connectivity index (χ1v) is 4.29. The van der Waals surface area contributed by atoms with Gasteiger partial charge in [0.2, 0.25) is 0 Å². The van der Waals surface area contributed by atoms with Crippen molar-refractivity contribution in [2.75, 3.05) is 45.9 Å². The highest BCUT2D eigenvalue weighted by atomic mass is 16.3. The summed E-state index contributed by atoms with van der Waals surface area (Å²) in [5, 5.41) is 17.1. The minimum absolute atomic E-state index is 0.234. The average molecular weight is 169 g/mol. The van der Waals surface area contributed by atoms with Crippen molar-refractivity contribution in [1.29, 1.82) is 5.26 Å². The molecular formula is C8H15N3O. The van der Waals surface area contributed by atoms with E-state index in [1.54, 1.807) is 0 Å². The van der Waals surface area contributed by atoms with E-state index in [2.05, 4.69) is 15.9 Å². The highest BCUT2D eigenvalue weighted by Crippen LogP contribution is 1.99. The maximum atomic E-state index is 8.68. The highest BCUT2D eigenvalue weighted by molar-refractivity contribution is 4.80. The van der Waals surface area contributed by atoms with Crippen LogP contribution in [0.5, 0.6) is 0 Å². The van der Waals surface area contributed by atoms with Crippen molar-refractivity contribution in [1.82, 2.24) is 9.80 Å². The Labute approximate surface area is 73.0 Å². The van der Waals surface area contributed by atoms with Gasteiger partial charge < -0.3 is 5.11 Å². The zero-order valence-corrected chi connectivity index (χ0v) is 7.24. The lowest BCUT2D eigenvalue weighted by atomic mass is 10.3. The molecule has 1 aliphatic heterocycles. The predicted octanol–water partition coefficient (Wildman–Crippen LogP) is -0.880. The fourth-order valence-electron chi connectivity index (χ4n) is 1.41. The van der Waals surface area contributed by atoms with Crippen molar-refractivity contribution in [3.63, 3.8) is 0 Å². The zero-order chi connectivity index (χ0) is 8.81. The third kappa shape index (κ3) is 2.78. The first-order chi connectivity index (χ1) is 5.86. The van der Waals surface area contributed by atoms with Crippen LogP contribution in [0, 0.1) is 11.3 Å². The lowest BCUT2D eigenvalue weighted by molar-refractivity contribution is 0.121. The Morgan fingerprint density at radius 1 is 1.17 bits per heavy atom. The average Bonchev–Trinajstić information content (AvgIpc) is 2.09. The van der Waals surface area contributed by atoms with Crippen molar-refractivity contribution in [2.45, 2.75) is 0 Å². The van der Waals surface area contributed by atoms with Crippen molar-refractivity contribution >= 4 is 0 Å². The summed E-state index contributed by atoms with van der Waals surface area (Å²) < 4.78 is 0. The van der Waals surface area contributed by atoms with E-state index in [1.807, 2.05) is 0 Å². The number of aliphatic hydroxyl groups excluding tert-OH is 1. The number of piperazine rings is 1. The van der Waals surface area contributed by atoms with E-state index in [1.165, 1.54) is 0 Å². The monoisotopic (exact) mass is 169 g/mol. The van der Waals surface area contributed by atoms with E-state index >= 15 is 0 Å². The van der Waals surface area contributed by atoms with E-state index < -0.39 is 0 Å². The van der Waals surface area contributed by atoms with Gasteiger partial charge in [0.15, 0.2) is 0 Å². The quantitative estimate of drug-likeness (QED) is 0.557. The predicted molar refractivity (Wildman–Crippen MR) is 45.6 cm³/mol. The van der Waals surface area contributed by atoms with E-state index in [9.17, 15) is 0 Å². The van der Waals surface area contributed by atoms with E-state index in [0.717, 1.165) is 32.7 Å². The van der Waals surface area contributed by atoms with Crippen LogP contribution in [0.2, 0.25) is 0 Å². The molecule has 0 saturated carbocycles. The summed E-state index contributed by atoms with van der Waals surface area (Å²) in [5.41, 5.74) is 0.